The first-order chi connectivity index (χ1) is 13.3. The molecule has 5 nitrogen and oxygen atoms in total. The summed E-state index contributed by atoms with van der Waals surface area (Å²) in [7, 11) is 0. The molecule has 2 N–H and O–H groups in total. The van der Waals surface area contributed by atoms with Crippen LogP contribution in [0.2, 0.25) is 5.02 Å². The highest BCUT2D eigenvalue weighted by Gasteiger charge is 2.35. The van der Waals surface area contributed by atoms with Gasteiger partial charge in [-0.1, -0.05) is 47.6 Å². The Balaban J connectivity index is 2.17. The summed E-state index contributed by atoms with van der Waals surface area (Å²) in [5.74, 6) is -0.0397. The molecule has 0 aliphatic carbocycles. The van der Waals surface area contributed by atoms with Crippen LogP contribution in [-0.2, 0) is 11.0 Å². The van der Waals surface area contributed by atoms with E-state index in [0.717, 1.165) is 17.8 Å². The van der Waals surface area contributed by atoms with Crippen molar-refractivity contribution >= 4 is 29.3 Å². The number of primary amides is 1. The van der Waals surface area contributed by atoms with Crippen LogP contribution < -0.4 is 5.73 Å². The van der Waals surface area contributed by atoms with E-state index >= 15 is 0 Å². The molecule has 2 aromatic carbocycles. The minimum absolute atomic E-state index is 0.0605. The maximum absolute atomic E-state index is 13.6. The highest BCUT2D eigenvalue weighted by atomic mass is 35.5. The monoisotopic (exact) mass is 426 g/mol. The first kappa shape index (κ1) is 20.2. The van der Waals surface area contributed by atoms with Gasteiger partial charge < -0.3 is 5.73 Å². The molecule has 0 bridgehead atoms. The molecule has 0 spiro atoms. The quantitative estimate of drug-likeness (QED) is 0.586. The molecule has 0 fully saturated rings. The molecule has 0 radical (unpaired) electrons. The minimum Gasteiger partial charge on any atom is -0.370 e. The first-order valence-electron chi connectivity index (χ1n) is 8.06. The molecule has 28 heavy (non-hydrogen) atoms. The number of hydrogen-bond donors (Lipinski definition) is 1. The lowest BCUT2D eigenvalue weighted by Gasteiger charge is -2.16. The number of halogens is 4. The highest BCUT2D eigenvalue weighted by Crippen LogP contribution is 2.37. The molecular weight excluding hydrogens is 413 g/mol. The van der Waals surface area contributed by atoms with Gasteiger partial charge in [0.2, 0.25) is 5.91 Å². The van der Waals surface area contributed by atoms with Gasteiger partial charge in [0, 0.05) is 22.8 Å². The van der Waals surface area contributed by atoms with Crippen LogP contribution >= 0.6 is 23.4 Å². The second-order valence-corrected chi connectivity index (χ2v) is 7.23. The standard InChI is InChI=1S/C18H14ClF3N4OS/c19-12-5-3-4-11(10-12)16-24-25-17(28-9-8-15(23)27)26(16)14-7-2-1-6-13(14)18(20,21)22/h1-7,10H,8-9H2,(H2,23,27). The van der Waals surface area contributed by atoms with E-state index in [9.17, 15) is 18.0 Å². The summed E-state index contributed by atoms with van der Waals surface area (Å²) in [6.45, 7) is 0. The Hall–Kier alpha value is -2.52. The SMILES string of the molecule is NC(=O)CCSc1nnc(-c2cccc(Cl)c2)n1-c1ccccc1C(F)(F)F. The van der Waals surface area contributed by atoms with Gasteiger partial charge in [-0.05, 0) is 24.3 Å². The molecule has 1 amide bonds. The van der Waals surface area contributed by atoms with E-state index in [4.69, 9.17) is 17.3 Å². The third-order valence-corrected chi connectivity index (χ3v) is 4.91. The lowest BCUT2D eigenvalue weighted by atomic mass is 10.1. The molecule has 1 heterocycles. The average molecular weight is 427 g/mol. The van der Waals surface area contributed by atoms with Crippen LogP contribution in [0.3, 0.4) is 0 Å². The lowest BCUT2D eigenvalue weighted by Crippen LogP contribution is -2.13. The van der Waals surface area contributed by atoms with Gasteiger partial charge in [-0.3, -0.25) is 9.36 Å². The van der Waals surface area contributed by atoms with Gasteiger partial charge in [-0.15, -0.1) is 10.2 Å². The van der Waals surface area contributed by atoms with E-state index in [2.05, 4.69) is 10.2 Å². The molecular formula is C18H14ClF3N4OS. The molecule has 0 saturated heterocycles. The summed E-state index contributed by atoms with van der Waals surface area (Å²) < 4.78 is 42.1. The van der Waals surface area contributed by atoms with Gasteiger partial charge in [0.05, 0.1) is 11.3 Å². The molecule has 3 rings (SSSR count). The van der Waals surface area contributed by atoms with E-state index in [1.165, 1.54) is 22.8 Å². The van der Waals surface area contributed by atoms with Gasteiger partial charge in [-0.2, -0.15) is 13.2 Å². The third kappa shape index (κ3) is 4.48. The Morgan fingerprint density at radius 2 is 1.89 bits per heavy atom. The van der Waals surface area contributed by atoms with Crippen LogP contribution in [0.5, 0.6) is 0 Å². The number of nitrogens with two attached hydrogens (primary N) is 1. The molecule has 0 unspecified atom stereocenters. The normalized spacial score (nSPS) is 11.6. The molecule has 3 aromatic rings. The second-order valence-electron chi connectivity index (χ2n) is 5.73. The zero-order valence-corrected chi connectivity index (χ0v) is 15.9. The number of carbonyl (C=O) groups is 1. The number of amides is 1. The minimum atomic E-state index is -4.57. The van der Waals surface area contributed by atoms with Crippen LogP contribution in [-0.4, -0.2) is 26.4 Å². The summed E-state index contributed by atoms with van der Waals surface area (Å²) in [4.78, 5) is 11.0. The summed E-state index contributed by atoms with van der Waals surface area (Å²) in [5, 5.41) is 8.74. The molecule has 0 atom stereocenters. The number of thioether (sulfide) groups is 1. The number of aromatic nitrogens is 3. The topological polar surface area (TPSA) is 73.8 Å². The number of para-hydroxylation sites is 1. The average Bonchev–Trinajstić information content (AvgIpc) is 3.04. The van der Waals surface area contributed by atoms with Crippen LogP contribution in [0.1, 0.15) is 12.0 Å². The van der Waals surface area contributed by atoms with Crippen molar-refractivity contribution in [1.29, 1.82) is 0 Å². The summed E-state index contributed by atoms with van der Waals surface area (Å²) >= 11 is 7.13. The van der Waals surface area contributed by atoms with Crippen molar-refractivity contribution in [3.8, 4) is 17.1 Å². The van der Waals surface area contributed by atoms with Gasteiger partial charge >= 0.3 is 6.18 Å². The fourth-order valence-corrected chi connectivity index (χ4v) is 3.63. The van der Waals surface area contributed by atoms with E-state index < -0.39 is 17.6 Å². The molecule has 0 saturated carbocycles. The van der Waals surface area contributed by atoms with Gasteiger partial charge in [0.1, 0.15) is 0 Å². The van der Waals surface area contributed by atoms with E-state index in [-0.39, 0.29) is 28.8 Å². The smallest absolute Gasteiger partial charge is 0.370 e. The maximum Gasteiger partial charge on any atom is 0.418 e. The first-order valence-corrected chi connectivity index (χ1v) is 9.43. The lowest BCUT2D eigenvalue weighted by molar-refractivity contribution is -0.137. The predicted octanol–water partition coefficient (Wildman–Crippen LogP) is 4.57. The Morgan fingerprint density at radius 3 is 2.57 bits per heavy atom. The molecule has 1 aromatic heterocycles. The van der Waals surface area contributed by atoms with Crippen molar-refractivity contribution in [1.82, 2.24) is 14.8 Å². The van der Waals surface area contributed by atoms with Crippen molar-refractivity contribution in [2.24, 2.45) is 5.73 Å². The fourth-order valence-electron chi connectivity index (χ4n) is 2.55. The number of rotatable bonds is 6. The van der Waals surface area contributed by atoms with E-state index in [1.54, 1.807) is 24.3 Å². The van der Waals surface area contributed by atoms with Gasteiger partial charge in [0.15, 0.2) is 11.0 Å². The fraction of sp³-hybridized carbons (Fsp3) is 0.167. The number of carbonyl (C=O) groups excluding carboxylic acids is 1. The van der Waals surface area contributed by atoms with Crippen molar-refractivity contribution < 1.29 is 18.0 Å². The number of hydrogen-bond acceptors (Lipinski definition) is 4. The Morgan fingerprint density at radius 1 is 1.14 bits per heavy atom. The number of benzene rings is 2. The Kier molecular flexibility index (Phi) is 5.95. The second kappa shape index (κ2) is 8.24. The molecule has 146 valence electrons. The Bertz CT molecular complexity index is 1010. The van der Waals surface area contributed by atoms with E-state index in [1.807, 2.05) is 0 Å². The van der Waals surface area contributed by atoms with Crippen LogP contribution in [0.25, 0.3) is 17.1 Å². The van der Waals surface area contributed by atoms with Crippen molar-refractivity contribution in [3.05, 3.63) is 59.1 Å². The van der Waals surface area contributed by atoms with Crippen LogP contribution in [0, 0.1) is 0 Å². The highest BCUT2D eigenvalue weighted by molar-refractivity contribution is 7.99. The summed E-state index contributed by atoms with van der Waals surface area (Å²) in [6.07, 6.45) is -4.51. The van der Waals surface area contributed by atoms with Gasteiger partial charge in [0.25, 0.3) is 0 Å². The molecule has 0 aliphatic rings. The van der Waals surface area contributed by atoms with Crippen molar-refractivity contribution in [2.75, 3.05) is 5.75 Å². The largest absolute Gasteiger partial charge is 0.418 e. The third-order valence-electron chi connectivity index (χ3n) is 3.75. The number of nitrogens with zero attached hydrogens (tertiary/aromatic N) is 3. The Labute approximate surface area is 167 Å². The number of alkyl halides is 3. The van der Waals surface area contributed by atoms with Crippen LogP contribution in [0.4, 0.5) is 13.2 Å². The van der Waals surface area contributed by atoms with Crippen molar-refractivity contribution in [3.63, 3.8) is 0 Å². The molecule has 10 heteroatoms. The molecule has 0 aliphatic heterocycles. The van der Waals surface area contributed by atoms with Crippen LogP contribution in [0.15, 0.2) is 53.7 Å². The summed E-state index contributed by atoms with van der Waals surface area (Å²) in [6, 6.07) is 11.8. The zero-order chi connectivity index (χ0) is 20.3. The van der Waals surface area contributed by atoms with E-state index in [0.29, 0.717) is 10.6 Å². The van der Waals surface area contributed by atoms with Crippen molar-refractivity contribution in [2.45, 2.75) is 17.8 Å². The summed E-state index contributed by atoms with van der Waals surface area (Å²) in [5.41, 5.74) is 4.72. The maximum atomic E-state index is 13.6. The predicted molar refractivity (Wildman–Crippen MR) is 101 cm³/mol. The zero-order valence-electron chi connectivity index (χ0n) is 14.3. The van der Waals surface area contributed by atoms with Gasteiger partial charge in [-0.25, -0.2) is 0 Å².